The molecule has 7 heteroatoms. The number of nitrogens with zero attached hydrogens (tertiary/aromatic N) is 1. The molecule has 1 atom stereocenters. The Morgan fingerprint density at radius 1 is 1.00 bits per heavy atom. The van der Waals surface area contributed by atoms with Crippen molar-refractivity contribution in [3.8, 4) is 11.5 Å². The van der Waals surface area contributed by atoms with Gasteiger partial charge in [0.25, 0.3) is 5.91 Å². The van der Waals surface area contributed by atoms with Crippen molar-refractivity contribution >= 4 is 15.7 Å². The van der Waals surface area contributed by atoms with Crippen molar-refractivity contribution in [3.63, 3.8) is 0 Å². The van der Waals surface area contributed by atoms with Gasteiger partial charge in [-0.1, -0.05) is 38.3 Å². The average molecular weight is 460 g/mol. The molecule has 2 aromatic rings. The zero-order valence-electron chi connectivity index (χ0n) is 19.0. The van der Waals surface area contributed by atoms with Gasteiger partial charge in [0.2, 0.25) is 0 Å². The van der Waals surface area contributed by atoms with Crippen LogP contribution in [0.4, 0.5) is 0 Å². The molecular weight excluding hydrogens is 426 g/mol. The fraction of sp³-hybridized carbons (Fsp3) is 0.480. The highest BCUT2D eigenvalue weighted by atomic mass is 32.2. The number of hydrogen-bond donors (Lipinski definition) is 0. The van der Waals surface area contributed by atoms with Crippen molar-refractivity contribution in [1.82, 2.24) is 4.90 Å². The molecule has 0 radical (unpaired) electrons. The van der Waals surface area contributed by atoms with Crippen molar-refractivity contribution in [3.05, 3.63) is 59.7 Å². The molecule has 0 aromatic heterocycles. The SMILES string of the molecule is CCCCCCOc1ccc(C(=O)N(Cc2ccc(OC)cc2)[C@H]2CCS(=O)(=O)C2)cc1. The number of hydrogen-bond acceptors (Lipinski definition) is 5. The molecule has 1 aliphatic rings. The number of sulfone groups is 1. The minimum Gasteiger partial charge on any atom is -0.497 e. The number of ether oxygens (including phenoxy) is 2. The first kappa shape index (κ1) is 24.1. The second-order valence-corrected chi connectivity index (χ2v) is 10.5. The Morgan fingerprint density at radius 3 is 2.28 bits per heavy atom. The van der Waals surface area contributed by atoms with Crippen molar-refractivity contribution < 1.29 is 22.7 Å². The van der Waals surface area contributed by atoms with Gasteiger partial charge in [-0.25, -0.2) is 8.42 Å². The van der Waals surface area contributed by atoms with Gasteiger partial charge in [-0.2, -0.15) is 0 Å². The zero-order chi connectivity index (χ0) is 23.0. The average Bonchev–Trinajstić information content (AvgIpc) is 3.17. The summed E-state index contributed by atoms with van der Waals surface area (Å²) in [7, 11) is -1.51. The summed E-state index contributed by atoms with van der Waals surface area (Å²) in [5.74, 6) is 1.43. The predicted octanol–water partition coefficient (Wildman–Crippen LogP) is 4.48. The van der Waals surface area contributed by atoms with E-state index in [2.05, 4.69) is 6.92 Å². The smallest absolute Gasteiger partial charge is 0.254 e. The van der Waals surface area contributed by atoms with E-state index in [0.717, 1.165) is 29.9 Å². The zero-order valence-corrected chi connectivity index (χ0v) is 19.8. The van der Waals surface area contributed by atoms with Gasteiger partial charge in [0, 0.05) is 18.2 Å². The van der Waals surface area contributed by atoms with E-state index in [4.69, 9.17) is 9.47 Å². The van der Waals surface area contributed by atoms with Gasteiger partial charge < -0.3 is 14.4 Å². The molecule has 0 aliphatic carbocycles. The summed E-state index contributed by atoms with van der Waals surface area (Å²) in [5, 5.41) is 0. The third-order valence-electron chi connectivity index (χ3n) is 5.79. The van der Waals surface area contributed by atoms with E-state index in [1.807, 2.05) is 36.4 Å². The molecule has 0 bridgehead atoms. The largest absolute Gasteiger partial charge is 0.497 e. The maximum atomic E-state index is 13.4. The second-order valence-electron chi connectivity index (χ2n) is 8.27. The Labute approximate surface area is 191 Å². The molecule has 3 rings (SSSR count). The van der Waals surface area contributed by atoms with E-state index in [1.165, 1.54) is 12.8 Å². The van der Waals surface area contributed by atoms with Crippen LogP contribution in [0.25, 0.3) is 0 Å². The van der Waals surface area contributed by atoms with Crippen LogP contribution >= 0.6 is 0 Å². The third-order valence-corrected chi connectivity index (χ3v) is 7.54. The lowest BCUT2D eigenvalue weighted by molar-refractivity contribution is 0.0681. The van der Waals surface area contributed by atoms with E-state index < -0.39 is 9.84 Å². The summed E-state index contributed by atoms with van der Waals surface area (Å²) in [6.07, 6.45) is 5.02. The Hall–Kier alpha value is -2.54. The van der Waals surface area contributed by atoms with Crippen LogP contribution in [0.2, 0.25) is 0 Å². The fourth-order valence-corrected chi connectivity index (χ4v) is 5.62. The van der Waals surface area contributed by atoms with E-state index in [9.17, 15) is 13.2 Å². The molecule has 0 spiro atoms. The molecule has 1 saturated heterocycles. The lowest BCUT2D eigenvalue weighted by Crippen LogP contribution is -2.40. The Morgan fingerprint density at radius 2 is 1.69 bits per heavy atom. The Kier molecular flexibility index (Phi) is 8.56. The molecule has 6 nitrogen and oxygen atoms in total. The van der Waals surface area contributed by atoms with E-state index >= 15 is 0 Å². The van der Waals surface area contributed by atoms with Gasteiger partial charge in [0.05, 0.1) is 25.2 Å². The number of benzene rings is 2. The van der Waals surface area contributed by atoms with Crippen LogP contribution < -0.4 is 9.47 Å². The van der Waals surface area contributed by atoms with Crippen LogP contribution in [0.1, 0.15) is 54.9 Å². The predicted molar refractivity (Wildman–Crippen MR) is 126 cm³/mol. The maximum absolute atomic E-state index is 13.4. The molecule has 32 heavy (non-hydrogen) atoms. The molecule has 1 aliphatic heterocycles. The normalized spacial score (nSPS) is 17.1. The second kappa shape index (κ2) is 11.4. The minimum absolute atomic E-state index is 0.00779. The van der Waals surface area contributed by atoms with E-state index in [1.54, 1.807) is 24.1 Å². The monoisotopic (exact) mass is 459 g/mol. The molecule has 2 aromatic carbocycles. The third kappa shape index (κ3) is 6.73. The molecule has 0 N–H and O–H groups in total. The van der Waals surface area contributed by atoms with Crippen molar-refractivity contribution in [2.24, 2.45) is 0 Å². The standard InChI is InChI=1S/C25H33NO5S/c1-3-4-5-6-16-31-24-13-9-21(10-14-24)25(27)26(22-15-17-32(28,29)19-22)18-20-7-11-23(30-2)12-8-20/h7-14,22H,3-6,15-19H2,1-2H3/t22-/m0/s1. The Bertz CT molecular complexity index is 970. The highest BCUT2D eigenvalue weighted by molar-refractivity contribution is 7.91. The fourth-order valence-electron chi connectivity index (χ4n) is 3.89. The van der Waals surface area contributed by atoms with E-state index in [0.29, 0.717) is 25.1 Å². The van der Waals surface area contributed by atoms with Gasteiger partial charge in [-0.15, -0.1) is 0 Å². The van der Waals surface area contributed by atoms with Crippen LogP contribution in [0.3, 0.4) is 0 Å². The number of rotatable bonds is 11. The summed E-state index contributed by atoms with van der Waals surface area (Å²) in [6, 6.07) is 14.3. The molecule has 1 fully saturated rings. The van der Waals surface area contributed by atoms with E-state index in [-0.39, 0.29) is 23.5 Å². The number of carbonyl (C=O) groups is 1. The first-order valence-electron chi connectivity index (χ1n) is 11.3. The first-order valence-corrected chi connectivity index (χ1v) is 13.1. The number of unbranched alkanes of at least 4 members (excludes halogenated alkanes) is 3. The maximum Gasteiger partial charge on any atom is 0.254 e. The van der Waals surface area contributed by atoms with Gasteiger partial charge in [0.15, 0.2) is 9.84 Å². The summed E-state index contributed by atoms with van der Waals surface area (Å²) >= 11 is 0. The Balaban J connectivity index is 1.71. The molecule has 0 unspecified atom stereocenters. The minimum atomic E-state index is -3.12. The topological polar surface area (TPSA) is 72.9 Å². The van der Waals surface area contributed by atoms with Crippen molar-refractivity contribution in [2.45, 2.75) is 51.6 Å². The summed E-state index contributed by atoms with van der Waals surface area (Å²) < 4.78 is 35.1. The molecule has 1 heterocycles. The van der Waals surface area contributed by atoms with Gasteiger partial charge >= 0.3 is 0 Å². The number of amides is 1. The van der Waals surface area contributed by atoms with Gasteiger partial charge in [-0.3, -0.25) is 4.79 Å². The molecule has 1 amide bonds. The number of methoxy groups -OCH3 is 1. The van der Waals surface area contributed by atoms with Crippen LogP contribution in [0, 0.1) is 0 Å². The van der Waals surface area contributed by atoms with Crippen LogP contribution in [-0.4, -0.2) is 50.5 Å². The lowest BCUT2D eigenvalue weighted by Gasteiger charge is -2.28. The molecular formula is C25H33NO5S. The number of carbonyl (C=O) groups excluding carboxylic acids is 1. The van der Waals surface area contributed by atoms with Crippen LogP contribution in [0.5, 0.6) is 11.5 Å². The van der Waals surface area contributed by atoms with Crippen molar-refractivity contribution in [1.29, 1.82) is 0 Å². The van der Waals surface area contributed by atoms with Crippen LogP contribution in [-0.2, 0) is 16.4 Å². The summed E-state index contributed by atoms with van der Waals surface area (Å²) in [4.78, 5) is 15.1. The molecule has 0 saturated carbocycles. The van der Waals surface area contributed by atoms with Crippen molar-refractivity contribution in [2.75, 3.05) is 25.2 Å². The summed E-state index contributed by atoms with van der Waals surface area (Å²) in [6.45, 7) is 3.19. The highest BCUT2D eigenvalue weighted by Gasteiger charge is 2.35. The van der Waals surface area contributed by atoms with Crippen LogP contribution in [0.15, 0.2) is 48.5 Å². The molecule has 174 valence electrons. The van der Waals surface area contributed by atoms with Gasteiger partial charge in [0.1, 0.15) is 11.5 Å². The highest BCUT2D eigenvalue weighted by Crippen LogP contribution is 2.24. The quantitative estimate of drug-likeness (QED) is 0.463. The lowest BCUT2D eigenvalue weighted by atomic mass is 10.1. The first-order chi connectivity index (χ1) is 15.4. The van der Waals surface area contributed by atoms with Gasteiger partial charge in [-0.05, 0) is 54.8 Å². The summed E-state index contributed by atoms with van der Waals surface area (Å²) in [5.41, 5.74) is 1.46.